The van der Waals surface area contributed by atoms with Crippen molar-refractivity contribution in [3.63, 3.8) is 0 Å². The molecule has 2 N–H and O–H groups in total. The lowest BCUT2D eigenvalue weighted by atomic mass is 9.44. The number of carbonyl (C=O) groups excluding carboxylic acids is 5. The molecule has 0 aromatic carbocycles. The number of fused-ring (bicyclic) bond motifs is 5. The number of hydrogen-bond donors (Lipinski definition) is 2. The Morgan fingerprint density at radius 1 is 0.737 bits per heavy atom. The first-order chi connectivity index (χ1) is 26.6. The molecule has 10 bridgehead atoms. The fourth-order valence-electron chi connectivity index (χ4n) is 17.4. The van der Waals surface area contributed by atoms with Gasteiger partial charge in [-0.1, -0.05) is 13.8 Å². The predicted molar refractivity (Wildman–Crippen MR) is 202 cm³/mol. The van der Waals surface area contributed by atoms with Crippen LogP contribution in [0.2, 0.25) is 0 Å². The molecular weight excluding hydrogens is 728 g/mol. The minimum Gasteiger partial charge on any atom is -0.465 e. The van der Waals surface area contributed by atoms with E-state index in [4.69, 9.17) is 18.9 Å². The van der Waals surface area contributed by atoms with Crippen LogP contribution in [0.1, 0.15) is 138 Å². The summed E-state index contributed by atoms with van der Waals surface area (Å²) in [5.41, 5.74) is -6.84. The van der Waals surface area contributed by atoms with Crippen molar-refractivity contribution in [2.75, 3.05) is 6.61 Å². The molecule has 0 spiro atoms. The van der Waals surface area contributed by atoms with E-state index < -0.39 is 74.4 Å². The van der Waals surface area contributed by atoms with E-state index in [1.807, 2.05) is 20.8 Å². The Kier molecular flexibility index (Phi) is 8.18. The fourth-order valence-corrected chi connectivity index (χ4v) is 17.4. The lowest BCUT2D eigenvalue weighted by Gasteiger charge is -2.64. The van der Waals surface area contributed by atoms with Crippen LogP contribution < -0.4 is 0 Å². The highest BCUT2D eigenvalue weighted by atomic mass is 16.6. The van der Waals surface area contributed by atoms with E-state index in [-0.39, 0.29) is 59.7 Å². The largest absolute Gasteiger partial charge is 0.465 e. The molecule has 12 fully saturated rings. The van der Waals surface area contributed by atoms with Crippen LogP contribution in [-0.2, 0) is 42.9 Å². The van der Waals surface area contributed by atoms with Crippen LogP contribution in [0.25, 0.3) is 0 Å². The van der Waals surface area contributed by atoms with Crippen molar-refractivity contribution in [2.45, 2.75) is 160 Å². The summed E-state index contributed by atoms with van der Waals surface area (Å²) in [6.45, 7) is 11.7. The summed E-state index contributed by atoms with van der Waals surface area (Å²) in [4.78, 5) is 70.5. The average molecular weight is 793 g/mol. The molecule has 10 saturated carbocycles. The molecule has 12 rings (SSSR count). The van der Waals surface area contributed by atoms with Crippen LogP contribution in [0.3, 0.4) is 0 Å². The van der Waals surface area contributed by atoms with Crippen molar-refractivity contribution >= 4 is 29.8 Å². The van der Waals surface area contributed by atoms with Gasteiger partial charge in [0, 0.05) is 17.8 Å². The number of carbonyl (C=O) groups is 5. The van der Waals surface area contributed by atoms with Crippen molar-refractivity contribution < 1.29 is 53.1 Å². The maximum atomic E-state index is 15.5. The number of cyclic esters (lactones) is 3. The number of hydrogen-bond acceptors (Lipinski definition) is 11. The molecule has 2 aliphatic heterocycles. The summed E-state index contributed by atoms with van der Waals surface area (Å²) in [6.07, 6.45) is 10.2. The topological polar surface area (TPSA) is 163 Å². The first-order valence-electron chi connectivity index (χ1n) is 22.4. The highest BCUT2D eigenvalue weighted by Crippen LogP contribution is 2.67. The second-order valence-electron chi connectivity index (χ2n) is 23.4. The first kappa shape index (κ1) is 38.7. The van der Waals surface area contributed by atoms with Gasteiger partial charge >= 0.3 is 29.8 Å². The maximum absolute atomic E-state index is 15.5. The Morgan fingerprint density at radius 2 is 1.33 bits per heavy atom. The second kappa shape index (κ2) is 12.1. The molecule has 0 aromatic heterocycles. The van der Waals surface area contributed by atoms with E-state index in [1.54, 1.807) is 13.8 Å². The third-order valence-corrected chi connectivity index (χ3v) is 19.0. The Morgan fingerprint density at radius 3 is 1.89 bits per heavy atom. The van der Waals surface area contributed by atoms with Gasteiger partial charge in [-0.15, -0.1) is 0 Å². The molecule has 2 heterocycles. The zero-order valence-corrected chi connectivity index (χ0v) is 34.8. The quantitative estimate of drug-likeness (QED) is 0.150. The highest BCUT2D eigenvalue weighted by Gasteiger charge is 2.68. The average Bonchev–Trinajstić information content (AvgIpc) is 3.79. The summed E-state index contributed by atoms with van der Waals surface area (Å²) in [6, 6.07) is 0. The molecule has 2 saturated heterocycles. The SMILES string of the molecule is CC1C(=O)OC(=O)C1C(C)(CC(C)(CC1C(C)C2CC1C1COC(=O)C21)C(=O)OC(C)(C)C12CC3CC(CC(O)(C3)C1)C2)C(=O)OC12CC3CC(CC(O)(C3)C1)C2. The Hall–Kier alpha value is -2.53. The molecule has 11 heteroatoms. The van der Waals surface area contributed by atoms with Gasteiger partial charge in [0.25, 0.3) is 0 Å². The van der Waals surface area contributed by atoms with Crippen molar-refractivity contribution in [3.8, 4) is 0 Å². The van der Waals surface area contributed by atoms with Gasteiger partial charge in [-0.2, -0.15) is 0 Å². The molecule has 57 heavy (non-hydrogen) atoms. The molecule has 314 valence electrons. The monoisotopic (exact) mass is 792 g/mol. The van der Waals surface area contributed by atoms with Crippen LogP contribution >= 0.6 is 0 Å². The summed E-state index contributed by atoms with van der Waals surface area (Å²) < 4.78 is 24.4. The Balaban J connectivity index is 1.02. The lowest BCUT2D eigenvalue weighted by molar-refractivity contribution is -0.239. The van der Waals surface area contributed by atoms with Gasteiger partial charge in [0.1, 0.15) is 11.2 Å². The molecule has 0 radical (unpaired) electrons. The van der Waals surface area contributed by atoms with E-state index in [1.165, 1.54) is 0 Å². The van der Waals surface area contributed by atoms with Crippen LogP contribution in [0.5, 0.6) is 0 Å². The van der Waals surface area contributed by atoms with E-state index in [0.29, 0.717) is 63.4 Å². The number of aliphatic hydroxyl groups is 2. The third-order valence-electron chi connectivity index (χ3n) is 19.0. The summed E-state index contributed by atoms with van der Waals surface area (Å²) in [5.74, 6) is -3.18. The summed E-state index contributed by atoms with van der Waals surface area (Å²) >= 11 is 0. The molecular formula is C46H64O11. The van der Waals surface area contributed by atoms with Crippen LogP contribution in [-0.4, -0.2) is 69.1 Å². The molecule has 0 amide bonds. The highest BCUT2D eigenvalue weighted by molar-refractivity contribution is 6.00. The Bertz CT molecular complexity index is 1770. The van der Waals surface area contributed by atoms with Crippen molar-refractivity contribution in [2.24, 2.45) is 87.3 Å². The van der Waals surface area contributed by atoms with Crippen LogP contribution in [0.4, 0.5) is 0 Å². The first-order valence-corrected chi connectivity index (χ1v) is 22.4. The summed E-state index contributed by atoms with van der Waals surface area (Å²) in [7, 11) is 0. The zero-order valence-electron chi connectivity index (χ0n) is 34.8. The van der Waals surface area contributed by atoms with Crippen LogP contribution in [0.15, 0.2) is 0 Å². The predicted octanol–water partition coefficient (Wildman–Crippen LogP) is 6.09. The number of esters is 5. The van der Waals surface area contributed by atoms with Gasteiger partial charge in [0.15, 0.2) is 0 Å². The second-order valence-corrected chi connectivity index (χ2v) is 23.4. The zero-order chi connectivity index (χ0) is 40.5. The third kappa shape index (κ3) is 5.64. The lowest BCUT2D eigenvalue weighted by Crippen LogP contribution is -2.63. The van der Waals surface area contributed by atoms with Gasteiger partial charge in [0.05, 0.1) is 46.4 Å². The molecule has 11 nitrogen and oxygen atoms in total. The molecule has 14 unspecified atom stereocenters. The van der Waals surface area contributed by atoms with Crippen molar-refractivity contribution in [1.29, 1.82) is 0 Å². The van der Waals surface area contributed by atoms with Crippen LogP contribution in [0, 0.1) is 87.3 Å². The standard InChI is InChI=1S/C46H64O11/c1-23-29-9-30(32-19-54-36(48)33(29)32)31(23)18-41(5,38(50)56-40(3,4)43-10-25-7-26(11-43)13-44(52,12-25)21-43)20-42(6,34-24(2)35(47)55-37(34)49)39(51)57-46-16-27-8-28(17-46)15-45(53,14-27)22-46/h23-34,52-53H,7-22H2,1-6H3. The van der Waals surface area contributed by atoms with Gasteiger partial charge in [0.2, 0.25) is 0 Å². The Labute approximate surface area is 336 Å². The minimum absolute atomic E-state index is 0.0268. The molecule has 14 atom stereocenters. The van der Waals surface area contributed by atoms with Gasteiger partial charge < -0.3 is 29.2 Å². The maximum Gasteiger partial charge on any atom is 0.318 e. The molecule has 0 aromatic rings. The van der Waals surface area contributed by atoms with Crippen molar-refractivity contribution in [3.05, 3.63) is 0 Å². The minimum atomic E-state index is -1.65. The molecule has 12 aliphatic rings. The molecule has 10 aliphatic carbocycles. The fraction of sp³-hybridized carbons (Fsp3) is 0.891. The van der Waals surface area contributed by atoms with Gasteiger partial charge in [-0.25, -0.2) is 0 Å². The van der Waals surface area contributed by atoms with E-state index in [9.17, 15) is 24.6 Å². The van der Waals surface area contributed by atoms with Crippen molar-refractivity contribution in [1.82, 2.24) is 0 Å². The smallest absolute Gasteiger partial charge is 0.318 e. The summed E-state index contributed by atoms with van der Waals surface area (Å²) in [5, 5.41) is 23.3. The van der Waals surface area contributed by atoms with E-state index >= 15 is 9.59 Å². The van der Waals surface area contributed by atoms with Gasteiger partial charge in [-0.05, 0) is 165 Å². The normalized spacial score (nSPS) is 50.7. The van der Waals surface area contributed by atoms with E-state index in [2.05, 4.69) is 6.92 Å². The number of rotatable bonds is 10. The van der Waals surface area contributed by atoms with E-state index in [0.717, 1.165) is 44.9 Å². The number of ether oxygens (including phenoxy) is 4. The van der Waals surface area contributed by atoms with Gasteiger partial charge in [-0.3, -0.25) is 24.0 Å².